The molecule has 2 heterocycles. The Labute approximate surface area is 175 Å². The fourth-order valence-corrected chi connectivity index (χ4v) is 4.15. The van der Waals surface area contributed by atoms with E-state index in [1.807, 2.05) is 12.1 Å². The van der Waals surface area contributed by atoms with Crippen molar-refractivity contribution in [3.8, 4) is 23.0 Å². The molecule has 2 aromatic heterocycles. The van der Waals surface area contributed by atoms with E-state index < -0.39 is 0 Å². The lowest BCUT2D eigenvalue weighted by molar-refractivity contribution is -0.127. The van der Waals surface area contributed by atoms with E-state index in [0.29, 0.717) is 39.1 Å². The molecular formula is C18H18ClN3O4S2. The van der Waals surface area contributed by atoms with Crippen LogP contribution in [0.1, 0.15) is 4.88 Å². The Hall–Kier alpha value is -2.23. The summed E-state index contributed by atoms with van der Waals surface area (Å²) in [6, 6.07) is 9.04. The van der Waals surface area contributed by atoms with E-state index in [9.17, 15) is 4.79 Å². The van der Waals surface area contributed by atoms with Gasteiger partial charge in [0.1, 0.15) is 11.5 Å². The minimum absolute atomic E-state index is 0.0441. The van der Waals surface area contributed by atoms with E-state index >= 15 is 0 Å². The summed E-state index contributed by atoms with van der Waals surface area (Å²) in [5.74, 6) is 1.71. The summed E-state index contributed by atoms with van der Waals surface area (Å²) in [6.45, 7) is 0.509. The second-order valence-electron chi connectivity index (χ2n) is 5.72. The highest BCUT2D eigenvalue weighted by atomic mass is 35.5. The van der Waals surface area contributed by atoms with E-state index in [0.717, 1.165) is 4.88 Å². The predicted molar refractivity (Wildman–Crippen MR) is 109 cm³/mol. The van der Waals surface area contributed by atoms with Crippen LogP contribution in [0.25, 0.3) is 11.5 Å². The molecule has 0 bridgehead atoms. The molecule has 0 spiro atoms. The van der Waals surface area contributed by atoms with Crippen LogP contribution in [0.4, 0.5) is 0 Å². The lowest BCUT2D eigenvalue weighted by Crippen LogP contribution is -2.27. The third kappa shape index (κ3) is 5.18. The van der Waals surface area contributed by atoms with Crippen LogP contribution < -0.4 is 9.47 Å². The summed E-state index contributed by atoms with van der Waals surface area (Å²) in [6.07, 6.45) is 0. The van der Waals surface area contributed by atoms with Crippen LogP contribution in [-0.4, -0.2) is 48.0 Å². The molecule has 3 aromatic rings. The van der Waals surface area contributed by atoms with Crippen molar-refractivity contribution in [1.82, 2.24) is 15.1 Å². The Balaban J connectivity index is 1.61. The van der Waals surface area contributed by atoms with Gasteiger partial charge >= 0.3 is 0 Å². The van der Waals surface area contributed by atoms with Crippen molar-refractivity contribution in [2.75, 3.05) is 27.0 Å². The lowest BCUT2D eigenvalue weighted by Gasteiger charge is -2.15. The first-order valence-corrected chi connectivity index (χ1v) is 10.3. The maximum absolute atomic E-state index is 12.3. The number of nitrogens with zero attached hydrogens (tertiary/aromatic N) is 3. The number of thiophene rings is 1. The first-order valence-electron chi connectivity index (χ1n) is 8.16. The number of halogens is 1. The minimum Gasteiger partial charge on any atom is -0.497 e. The molecule has 1 amide bonds. The molecule has 0 N–H and O–H groups in total. The van der Waals surface area contributed by atoms with Gasteiger partial charge in [0.05, 0.1) is 30.9 Å². The van der Waals surface area contributed by atoms with Gasteiger partial charge in [0, 0.05) is 23.6 Å². The van der Waals surface area contributed by atoms with Crippen LogP contribution >= 0.6 is 34.7 Å². The maximum Gasteiger partial charge on any atom is 0.277 e. The second-order valence-corrected chi connectivity index (χ2v) is 8.44. The van der Waals surface area contributed by atoms with Gasteiger partial charge in [-0.25, -0.2) is 0 Å². The van der Waals surface area contributed by atoms with Gasteiger partial charge in [0.2, 0.25) is 11.8 Å². The van der Waals surface area contributed by atoms with Gasteiger partial charge in [0.15, 0.2) is 0 Å². The highest BCUT2D eigenvalue weighted by Gasteiger charge is 2.16. The van der Waals surface area contributed by atoms with Crippen molar-refractivity contribution >= 4 is 40.6 Å². The zero-order valence-corrected chi connectivity index (χ0v) is 17.9. The zero-order valence-electron chi connectivity index (χ0n) is 15.5. The van der Waals surface area contributed by atoms with E-state index in [-0.39, 0.29) is 11.7 Å². The van der Waals surface area contributed by atoms with Crippen LogP contribution in [0.2, 0.25) is 4.34 Å². The number of benzene rings is 1. The lowest BCUT2D eigenvalue weighted by atomic mass is 10.2. The molecule has 0 saturated carbocycles. The first kappa shape index (κ1) is 20.5. The van der Waals surface area contributed by atoms with Crippen molar-refractivity contribution < 1.29 is 18.7 Å². The topological polar surface area (TPSA) is 77.7 Å². The SMILES string of the molecule is COc1cc(OC)cc(-c2nnc(SCC(=O)N(C)Cc3ccc(Cl)s3)o2)c1. The molecule has 0 radical (unpaired) electrons. The molecule has 7 nitrogen and oxygen atoms in total. The molecule has 0 aliphatic rings. The Morgan fingerprint density at radius 2 is 1.93 bits per heavy atom. The Bertz CT molecular complexity index is 938. The third-order valence-electron chi connectivity index (χ3n) is 3.77. The van der Waals surface area contributed by atoms with Crippen LogP contribution in [0.5, 0.6) is 11.5 Å². The molecule has 3 rings (SSSR count). The summed E-state index contributed by atoms with van der Waals surface area (Å²) < 4.78 is 16.9. The molecule has 0 saturated heterocycles. The van der Waals surface area contributed by atoms with E-state index in [4.69, 9.17) is 25.5 Å². The normalized spacial score (nSPS) is 10.7. The van der Waals surface area contributed by atoms with Crippen molar-refractivity contribution in [3.63, 3.8) is 0 Å². The van der Waals surface area contributed by atoms with Gasteiger partial charge in [-0.2, -0.15) is 0 Å². The summed E-state index contributed by atoms with van der Waals surface area (Å²) in [5, 5.41) is 8.36. The molecule has 0 unspecified atom stereocenters. The number of thioether (sulfide) groups is 1. The fraction of sp³-hybridized carbons (Fsp3) is 0.278. The largest absolute Gasteiger partial charge is 0.497 e. The highest BCUT2D eigenvalue weighted by molar-refractivity contribution is 7.99. The monoisotopic (exact) mass is 439 g/mol. The average Bonchev–Trinajstić information content (AvgIpc) is 3.34. The van der Waals surface area contributed by atoms with E-state index in [1.165, 1.54) is 23.1 Å². The third-order valence-corrected chi connectivity index (χ3v) is 5.79. The number of aromatic nitrogens is 2. The molecule has 0 aliphatic carbocycles. The number of carbonyl (C=O) groups is 1. The standard InChI is InChI=1S/C18H18ClN3O4S2/c1-22(9-14-4-5-15(19)28-14)16(23)10-27-18-21-20-17(26-18)11-6-12(24-2)8-13(7-11)25-3/h4-8H,9-10H2,1-3H3. The van der Waals surface area contributed by atoms with Crippen molar-refractivity contribution in [1.29, 1.82) is 0 Å². The number of ether oxygens (including phenoxy) is 2. The molecule has 28 heavy (non-hydrogen) atoms. The molecule has 0 aliphatic heterocycles. The van der Waals surface area contributed by atoms with Crippen molar-refractivity contribution in [2.24, 2.45) is 0 Å². The van der Waals surface area contributed by atoms with Gasteiger partial charge in [0.25, 0.3) is 5.22 Å². The van der Waals surface area contributed by atoms with E-state index in [2.05, 4.69) is 10.2 Å². The first-order chi connectivity index (χ1) is 13.5. The predicted octanol–water partition coefficient (Wildman–Crippen LogP) is 4.22. The van der Waals surface area contributed by atoms with E-state index in [1.54, 1.807) is 44.4 Å². The smallest absolute Gasteiger partial charge is 0.277 e. The summed E-state index contributed by atoms with van der Waals surface area (Å²) in [4.78, 5) is 15.0. The number of hydrogen-bond donors (Lipinski definition) is 0. The zero-order chi connectivity index (χ0) is 20.1. The minimum atomic E-state index is -0.0441. The number of amides is 1. The van der Waals surface area contributed by atoms with Crippen LogP contribution in [-0.2, 0) is 11.3 Å². The Morgan fingerprint density at radius 1 is 1.21 bits per heavy atom. The molecular weight excluding hydrogens is 422 g/mol. The number of methoxy groups -OCH3 is 2. The number of rotatable bonds is 8. The van der Waals surface area contributed by atoms with Crippen molar-refractivity contribution in [3.05, 3.63) is 39.5 Å². The summed E-state index contributed by atoms with van der Waals surface area (Å²) >= 11 is 8.57. The summed E-state index contributed by atoms with van der Waals surface area (Å²) in [5.41, 5.74) is 0.675. The number of hydrogen-bond acceptors (Lipinski definition) is 8. The molecule has 0 fully saturated rings. The van der Waals surface area contributed by atoms with Gasteiger partial charge < -0.3 is 18.8 Å². The molecule has 148 valence electrons. The number of carbonyl (C=O) groups excluding carboxylic acids is 1. The maximum atomic E-state index is 12.3. The van der Waals surface area contributed by atoms with Gasteiger partial charge in [-0.1, -0.05) is 23.4 Å². The quantitative estimate of drug-likeness (QED) is 0.486. The average molecular weight is 440 g/mol. The van der Waals surface area contributed by atoms with Crippen LogP contribution in [0.15, 0.2) is 40.0 Å². The Morgan fingerprint density at radius 3 is 2.54 bits per heavy atom. The molecule has 10 heteroatoms. The van der Waals surface area contributed by atoms with Crippen LogP contribution in [0.3, 0.4) is 0 Å². The Kier molecular flexibility index (Phi) is 6.82. The molecule has 1 aromatic carbocycles. The van der Waals surface area contributed by atoms with Crippen LogP contribution in [0, 0.1) is 0 Å². The summed E-state index contributed by atoms with van der Waals surface area (Å²) in [7, 11) is 4.89. The van der Waals surface area contributed by atoms with Crippen molar-refractivity contribution in [2.45, 2.75) is 11.8 Å². The second kappa shape index (κ2) is 9.31. The van der Waals surface area contributed by atoms with Gasteiger partial charge in [-0.3, -0.25) is 4.79 Å². The highest BCUT2D eigenvalue weighted by Crippen LogP contribution is 2.30. The molecule has 0 atom stereocenters. The van der Waals surface area contributed by atoms with Gasteiger partial charge in [-0.15, -0.1) is 21.5 Å². The fourth-order valence-electron chi connectivity index (χ4n) is 2.31. The van der Waals surface area contributed by atoms with Gasteiger partial charge in [-0.05, 0) is 24.3 Å².